The summed E-state index contributed by atoms with van der Waals surface area (Å²) in [7, 11) is 0. The number of urea groups is 1. The lowest BCUT2D eigenvalue weighted by Crippen LogP contribution is -2.33. The van der Waals surface area contributed by atoms with Crippen molar-refractivity contribution in [3.05, 3.63) is 64.8 Å². The first-order valence-corrected chi connectivity index (χ1v) is 9.54. The number of rotatable bonds is 6. The maximum atomic E-state index is 12.8. The number of anilines is 1. The molecular weight excluding hydrogens is 370 g/mol. The van der Waals surface area contributed by atoms with Crippen LogP contribution in [-0.4, -0.2) is 44.9 Å². The minimum Gasteiger partial charge on any atom is -0.361 e. The number of hydrogen-bond donors (Lipinski definition) is 0. The van der Waals surface area contributed by atoms with E-state index in [4.69, 9.17) is 4.52 Å². The molecule has 0 atom stereocenters. The van der Waals surface area contributed by atoms with E-state index < -0.39 is 0 Å². The van der Waals surface area contributed by atoms with Crippen molar-refractivity contribution in [3.63, 3.8) is 0 Å². The van der Waals surface area contributed by atoms with Crippen LogP contribution in [0.1, 0.15) is 28.1 Å². The van der Waals surface area contributed by atoms with Gasteiger partial charge in [-0.2, -0.15) is 5.10 Å². The first-order valence-electron chi connectivity index (χ1n) is 9.54. The number of amides is 3. The average molecular weight is 393 g/mol. The van der Waals surface area contributed by atoms with Crippen molar-refractivity contribution in [2.75, 3.05) is 18.0 Å². The Balaban J connectivity index is 1.45. The van der Waals surface area contributed by atoms with E-state index in [0.29, 0.717) is 25.2 Å². The van der Waals surface area contributed by atoms with E-state index in [1.54, 1.807) is 22.0 Å². The van der Waals surface area contributed by atoms with Crippen molar-refractivity contribution in [1.82, 2.24) is 19.8 Å². The van der Waals surface area contributed by atoms with Crippen molar-refractivity contribution in [1.29, 1.82) is 0 Å². The molecule has 1 saturated heterocycles. The number of nitrogens with zero attached hydrogens (tertiary/aromatic N) is 5. The molecule has 3 aromatic rings. The third kappa shape index (κ3) is 3.65. The Morgan fingerprint density at radius 2 is 1.93 bits per heavy atom. The molecule has 1 aromatic carbocycles. The first-order chi connectivity index (χ1) is 13.9. The molecule has 0 bridgehead atoms. The first kappa shape index (κ1) is 18.9. The van der Waals surface area contributed by atoms with Crippen LogP contribution in [0.3, 0.4) is 0 Å². The Morgan fingerprint density at radius 1 is 1.14 bits per heavy atom. The molecule has 0 unspecified atom stereocenters. The fraction of sp³-hybridized carbons (Fsp3) is 0.333. The van der Waals surface area contributed by atoms with Gasteiger partial charge in [0.1, 0.15) is 12.3 Å². The van der Waals surface area contributed by atoms with Gasteiger partial charge in [0, 0.05) is 18.3 Å². The lowest BCUT2D eigenvalue weighted by atomic mass is 10.1. The number of benzene rings is 1. The molecule has 2 aromatic heterocycles. The Labute approximate surface area is 168 Å². The van der Waals surface area contributed by atoms with E-state index in [1.165, 1.54) is 16.0 Å². The average Bonchev–Trinajstić information content (AvgIpc) is 3.35. The van der Waals surface area contributed by atoms with Crippen LogP contribution in [0.2, 0.25) is 0 Å². The summed E-state index contributed by atoms with van der Waals surface area (Å²) in [6, 6.07) is 7.77. The third-order valence-corrected chi connectivity index (χ3v) is 5.33. The van der Waals surface area contributed by atoms with Crippen LogP contribution >= 0.6 is 0 Å². The number of hydrogen-bond acceptors (Lipinski definition) is 5. The van der Waals surface area contributed by atoms with Gasteiger partial charge in [-0.05, 0) is 38.3 Å². The van der Waals surface area contributed by atoms with E-state index in [-0.39, 0.29) is 18.5 Å². The number of aryl methyl sites for hydroxylation is 3. The van der Waals surface area contributed by atoms with E-state index in [0.717, 1.165) is 17.0 Å². The molecule has 1 aliphatic rings. The van der Waals surface area contributed by atoms with Gasteiger partial charge >= 0.3 is 6.03 Å². The van der Waals surface area contributed by atoms with E-state index in [1.807, 2.05) is 45.0 Å². The molecule has 1 fully saturated rings. The van der Waals surface area contributed by atoms with Gasteiger partial charge in [-0.1, -0.05) is 29.4 Å². The largest absolute Gasteiger partial charge is 0.361 e. The summed E-state index contributed by atoms with van der Waals surface area (Å²) in [5, 5.41) is 8.24. The van der Waals surface area contributed by atoms with Crippen LogP contribution in [0.5, 0.6) is 0 Å². The zero-order valence-electron chi connectivity index (χ0n) is 16.8. The van der Waals surface area contributed by atoms with Crippen molar-refractivity contribution in [3.8, 4) is 0 Å². The summed E-state index contributed by atoms with van der Waals surface area (Å²) in [6.07, 6.45) is 3.95. The number of carbonyl (C=O) groups excluding carboxylic acids is 2. The third-order valence-electron chi connectivity index (χ3n) is 5.33. The van der Waals surface area contributed by atoms with Crippen LogP contribution < -0.4 is 4.90 Å². The summed E-state index contributed by atoms with van der Waals surface area (Å²) in [4.78, 5) is 28.1. The summed E-state index contributed by atoms with van der Waals surface area (Å²) in [5.41, 5.74) is 4.58. The molecule has 0 N–H and O–H groups in total. The topological polar surface area (TPSA) is 84.5 Å². The zero-order valence-corrected chi connectivity index (χ0v) is 16.8. The fourth-order valence-electron chi connectivity index (χ4n) is 3.57. The highest BCUT2D eigenvalue weighted by Crippen LogP contribution is 2.22. The van der Waals surface area contributed by atoms with Crippen LogP contribution in [-0.2, 0) is 17.8 Å². The van der Waals surface area contributed by atoms with Crippen molar-refractivity contribution < 1.29 is 14.1 Å². The van der Waals surface area contributed by atoms with Crippen LogP contribution in [0.15, 0.2) is 41.2 Å². The summed E-state index contributed by atoms with van der Waals surface area (Å²) >= 11 is 0. The van der Waals surface area contributed by atoms with Gasteiger partial charge in [-0.15, -0.1) is 0 Å². The van der Waals surface area contributed by atoms with Gasteiger partial charge in [0.15, 0.2) is 0 Å². The maximum absolute atomic E-state index is 12.8. The lowest BCUT2D eigenvalue weighted by Gasteiger charge is -2.16. The van der Waals surface area contributed by atoms with E-state index in [9.17, 15) is 9.59 Å². The molecule has 8 nitrogen and oxygen atoms in total. The summed E-state index contributed by atoms with van der Waals surface area (Å²) < 4.78 is 6.86. The Bertz CT molecular complexity index is 1050. The SMILES string of the molecule is Cc1ccccc1CCN1CC(=O)N(c2cnn(Cc3c(C)noc3C)c2)C1=O. The maximum Gasteiger partial charge on any atom is 0.331 e. The van der Waals surface area contributed by atoms with E-state index >= 15 is 0 Å². The molecule has 3 heterocycles. The minimum absolute atomic E-state index is 0.0831. The predicted octanol–water partition coefficient (Wildman–Crippen LogP) is 2.86. The Kier molecular flexibility index (Phi) is 4.92. The standard InChI is InChI=1S/C21H23N5O3/c1-14-6-4-5-7-17(14)8-9-24-13-20(27)26(21(24)28)18-10-22-25(11-18)12-19-15(2)23-29-16(19)3/h4-7,10-11H,8-9,12-13H2,1-3H3. The molecule has 3 amide bonds. The van der Waals surface area contributed by atoms with E-state index in [2.05, 4.69) is 10.3 Å². The normalized spacial score (nSPS) is 14.3. The molecule has 0 spiro atoms. The van der Waals surface area contributed by atoms with Gasteiger partial charge in [0.25, 0.3) is 5.91 Å². The van der Waals surface area contributed by atoms with Gasteiger partial charge in [0.05, 0.1) is 24.1 Å². The number of carbonyl (C=O) groups is 2. The highest BCUT2D eigenvalue weighted by Gasteiger charge is 2.37. The quantitative estimate of drug-likeness (QED) is 0.601. The van der Waals surface area contributed by atoms with Crippen LogP contribution in [0.4, 0.5) is 10.5 Å². The molecule has 8 heteroatoms. The van der Waals surface area contributed by atoms with Crippen LogP contribution in [0, 0.1) is 20.8 Å². The molecule has 29 heavy (non-hydrogen) atoms. The van der Waals surface area contributed by atoms with Gasteiger partial charge in [-0.25, -0.2) is 9.69 Å². The fourth-order valence-corrected chi connectivity index (χ4v) is 3.57. The monoisotopic (exact) mass is 393 g/mol. The summed E-state index contributed by atoms with van der Waals surface area (Å²) in [5.74, 6) is 0.493. The van der Waals surface area contributed by atoms with Gasteiger partial charge < -0.3 is 9.42 Å². The molecule has 0 saturated carbocycles. The Morgan fingerprint density at radius 3 is 2.66 bits per heavy atom. The highest BCUT2D eigenvalue weighted by atomic mass is 16.5. The molecule has 0 radical (unpaired) electrons. The second-order valence-electron chi connectivity index (χ2n) is 7.31. The van der Waals surface area contributed by atoms with Crippen molar-refractivity contribution in [2.24, 2.45) is 0 Å². The molecule has 4 rings (SSSR count). The van der Waals surface area contributed by atoms with Gasteiger partial charge in [-0.3, -0.25) is 9.48 Å². The number of aromatic nitrogens is 3. The lowest BCUT2D eigenvalue weighted by molar-refractivity contribution is -0.116. The highest BCUT2D eigenvalue weighted by molar-refractivity contribution is 6.19. The smallest absolute Gasteiger partial charge is 0.331 e. The molecular formula is C21H23N5O3. The van der Waals surface area contributed by atoms with Crippen molar-refractivity contribution in [2.45, 2.75) is 33.7 Å². The second-order valence-corrected chi connectivity index (χ2v) is 7.31. The predicted molar refractivity (Wildman–Crippen MR) is 107 cm³/mol. The number of imide groups is 1. The minimum atomic E-state index is -0.305. The zero-order chi connectivity index (χ0) is 20.5. The van der Waals surface area contributed by atoms with Gasteiger partial charge in [0.2, 0.25) is 0 Å². The summed E-state index contributed by atoms with van der Waals surface area (Å²) in [6.45, 7) is 6.81. The molecule has 150 valence electrons. The van der Waals surface area contributed by atoms with Crippen molar-refractivity contribution >= 4 is 17.6 Å². The second kappa shape index (κ2) is 7.54. The molecule has 0 aliphatic carbocycles. The molecule has 1 aliphatic heterocycles. The Hall–Kier alpha value is -3.42. The van der Waals surface area contributed by atoms with Crippen LogP contribution in [0.25, 0.3) is 0 Å².